The summed E-state index contributed by atoms with van der Waals surface area (Å²) in [5, 5.41) is 2.88. The predicted octanol–water partition coefficient (Wildman–Crippen LogP) is 1.58. The van der Waals surface area contributed by atoms with Gasteiger partial charge in [0.15, 0.2) is 0 Å². The minimum Gasteiger partial charge on any atom is -0.345 e. The highest BCUT2D eigenvalue weighted by molar-refractivity contribution is 5.81. The monoisotopic (exact) mass is 260 g/mol. The summed E-state index contributed by atoms with van der Waals surface area (Å²) in [4.78, 5) is 16.3. The van der Waals surface area contributed by atoms with E-state index in [0.717, 1.165) is 23.4 Å². The SMILES string of the molecule is CCn1c(C(C)NC(=O)C(C)N)nc2ccccc21. The van der Waals surface area contributed by atoms with Crippen molar-refractivity contribution >= 4 is 16.9 Å². The van der Waals surface area contributed by atoms with Crippen LogP contribution in [0.5, 0.6) is 0 Å². The maximum Gasteiger partial charge on any atom is 0.237 e. The molecule has 3 N–H and O–H groups in total. The number of carbonyl (C=O) groups excluding carboxylic acids is 1. The maximum atomic E-state index is 11.7. The van der Waals surface area contributed by atoms with Crippen LogP contribution < -0.4 is 11.1 Å². The van der Waals surface area contributed by atoms with Gasteiger partial charge < -0.3 is 15.6 Å². The Balaban J connectivity index is 2.36. The highest BCUT2D eigenvalue weighted by atomic mass is 16.2. The fourth-order valence-electron chi connectivity index (χ4n) is 2.17. The molecule has 0 aliphatic rings. The lowest BCUT2D eigenvalue weighted by Gasteiger charge is -2.16. The molecule has 0 aliphatic carbocycles. The summed E-state index contributed by atoms with van der Waals surface area (Å²) in [6.45, 7) is 6.48. The summed E-state index contributed by atoms with van der Waals surface area (Å²) in [6.07, 6.45) is 0. The van der Waals surface area contributed by atoms with Crippen molar-refractivity contribution in [3.63, 3.8) is 0 Å². The van der Waals surface area contributed by atoms with Crippen LogP contribution in [-0.4, -0.2) is 21.5 Å². The van der Waals surface area contributed by atoms with Crippen LogP contribution in [0.2, 0.25) is 0 Å². The molecule has 2 unspecified atom stereocenters. The summed E-state index contributed by atoms with van der Waals surface area (Å²) >= 11 is 0. The normalized spacial score (nSPS) is 14.3. The van der Waals surface area contributed by atoms with Gasteiger partial charge in [-0.1, -0.05) is 12.1 Å². The second kappa shape index (κ2) is 5.40. The molecule has 102 valence electrons. The fraction of sp³-hybridized carbons (Fsp3) is 0.429. The lowest BCUT2D eigenvalue weighted by Crippen LogP contribution is -2.40. The van der Waals surface area contributed by atoms with Crippen LogP contribution >= 0.6 is 0 Å². The zero-order valence-corrected chi connectivity index (χ0v) is 11.6. The van der Waals surface area contributed by atoms with E-state index in [1.165, 1.54) is 0 Å². The Kier molecular flexibility index (Phi) is 3.85. The van der Waals surface area contributed by atoms with Gasteiger partial charge >= 0.3 is 0 Å². The number of aryl methyl sites for hydroxylation is 1. The first-order valence-electron chi connectivity index (χ1n) is 6.55. The summed E-state index contributed by atoms with van der Waals surface area (Å²) in [7, 11) is 0. The van der Waals surface area contributed by atoms with Crippen molar-refractivity contribution in [2.75, 3.05) is 0 Å². The number of hydrogen-bond acceptors (Lipinski definition) is 3. The molecule has 1 aromatic carbocycles. The molecule has 0 aliphatic heterocycles. The van der Waals surface area contributed by atoms with Crippen LogP contribution in [-0.2, 0) is 11.3 Å². The molecule has 1 amide bonds. The third-order valence-electron chi connectivity index (χ3n) is 3.16. The number of rotatable bonds is 4. The molecule has 2 aromatic rings. The van der Waals surface area contributed by atoms with Crippen LogP contribution in [0.1, 0.15) is 32.6 Å². The molecule has 5 nitrogen and oxygen atoms in total. The molecule has 0 radical (unpaired) electrons. The van der Waals surface area contributed by atoms with Crippen molar-refractivity contribution in [3.05, 3.63) is 30.1 Å². The number of hydrogen-bond donors (Lipinski definition) is 2. The Morgan fingerprint density at radius 1 is 1.42 bits per heavy atom. The van der Waals surface area contributed by atoms with E-state index in [4.69, 9.17) is 5.73 Å². The van der Waals surface area contributed by atoms with E-state index >= 15 is 0 Å². The van der Waals surface area contributed by atoms with E-state index in [-0.39, 0.29) is 11.9 Å². The van der Waals surface area contributed by atoms with Gasteiger partial charge in [0.05, 0.1) is 23.1 Å². The van der Waals surface area contributed by atoms with Gasteiger partial charge in [0, 0.05) is 6.54 Å². The molecule has 0 bridgehead atoms. The molecule has 1 aromatic heterocycles. The Morgan fingerprint density at radius 3 is 2.74 bits per heavy atom. The van der Waals surface area contributed by atoms with Gasteiger partial charge in [-0.3, -0.25) is 4.79 Å². The molecule has 0 saturated carbocycles. The highest BCUT2D eigenvalue weighted by Gasteiger charge is 2.18. The van der Waals surface area contributed by atoms with Crippen molar-refractivity contribution in [2.45, 2.75) is 39.4 Å². The second-order valence-electron chi connectivity index (χ2n) is 4.72. The molecule has 5 heteroatoms. The van der Waals surface area contributed by atoms with Gasteiger partial charge in [0.2, 0.25) is 5.91 Å². The van der Waals surface area contributed by atoms with E-state index in [9.17, 15) is 4.79 Å². The maximum absolute atomic E-state index is 11.7. The number of para-hydroxylation sites is 2. The number of nitrogens with zero attached hydrogens (tertiary/aromatic N) is 2. The summed E-state index contributed by atoms with van der Waals surface area (Å²) in [5.41, 5.74) is 7.60. The topological polar surface area (TPSA) is 72.9 Å². The number of nitrogens with one attached hydrogen (secondary N) is 1. The third kappa shape index (κ3) is 2.61. The zero-order valence-electron chi connectivity index (χ0n) is 11.6. The van der Waals surface area contributed by atoms with Gasteiger partial charge in [0.1, 0.15) is 5.82 Å². The minimum atomic E-state index is -0.512. The molecule has 2 atom stereocenters. The summed E-state index contributed by atoms with van der Waals surface area (Å²) in [5.74, 6) is 0.694. The van der Waals surface area contributed by atoms with E-state index in [1.807, 2.05) is 31.2 Å². The fourth-order valence-corrected chi connectivity index (χ4v) is 2.17. The molecule has 0 saturated heterocycles. The van der Waals surface area contributed by atoms with Crippen molar-refractivity contribution in [1.29, 1.82) is 0 Å². The lowest BCUT2D eigenvalue weighted by atomic mass is 10.2. The van der Waals surface area contributed by atoms with Crippen LogP contribution in [0.15, 0.2) is 24.3 Å². The smallest absolute Gasteiger partial charge is 0.237 e. The van der Waals surface area contributed by atoms with Crippen molar-refractivity contribution in [2.24, 2.45) is 5.73 Å². The highest BCUT2D eigenvalue weighted by Crippen LogP contribution is 2.20. The van der Waals surface area contributed by atoms with E-state index < -0.39 is 6.04 Å². The van der Waals surface area contributed by atoms with Crippen molar-refractivity contribution < 1.29 is 4.79 Å². The molecule has 0 spiro atoms. The molecule has 0 fully saturated rings. The average Bonchev–Trinajstić information content (AvgIpc) is 2.76. The van der Waals surface area contributed by atoms with E-state index in [1.54, 1.807) is 6.92 Å². The van der Waals surface area contributed by atoms with E-state index in [0.29, 0.717) is 0 Å². The largest absolute Gasteiger partial charge is 0.345 e. The second-order valence-corrected chi connectivity index (χ2v) is 4.72. The van der Waals surface area contributed by atoms with Gasteiger partial charge in [0.25, 0.3) is 0 Å². The van der Waals surface area contributed by atoms with Crippen LogP contribution in [0, 0.1) is 0 Å². The number of nitrogens with two attached hydrogens (primary N) is 1. The lowest BCUT2D eigenvalue weighted by molar-refractivity contribution is -0.122. The number of amides is 1. The Morgan fingerprint density at radius 2 is 2.11 bits per heavy atom. The molecular weight excluding hydrogens is 240 g/mol. The number of imidazole rings is 1. The molecular formula is C14H20N4O. The van der Waals surface area contributed by atoms with Gasteiger partial charge in [-0.2, -0.15) is 0 Å². The van der Waals surface area contributed by atoms with Gasteiger partial charge in [-0.25, -0.2) is 4.98 Å². The molecule has 2 rings (SSSR count). The zero-order chi connectivity index (χ0) is 14.0. The van der Waals surface area contributed by atoms with Crippen LogP contribution in [0.4, 0.5) is 0 Å². The van der Waals surface area contributed by atoms with Crippen LogP contribution in [0.3, 0.4) is 0 Å². The summed E-state index contributed by atoms with van der Waals surface area (Å²) < 4.78 is 2.11. The molecule has 19 heavy (non-hydrogen) atoms. The number of carbonyl (C=O) groups is 1. The van der Waals surface area contributed by atoms with Crippen molar-refractivity contribution in [1.82, 2.24) is 14.9 Å². The van der Waals surface area contributed by atoms with Gasteiger partial charge in [-0.05, 0) is 32.9 Å². The molecule has 1 heterocycles. The Hall–Kier alpha value is -1.88. The first-order chi connectivity index (χ1) is 9.04. The standard InChI is InChI=1S/C14H20N4O/c1-4-18-12-8-6-5-7-11(12)17-13(18)10(3)16-14(19)9(2)15/h5-10H,4,15H2,1-3H3,(H,16,19). The van der Waals surface area contributed by atoms with Crippen molar-refractivity contribution in [3.8, 4) is 0 Å². The van der Waals surface area contributed by atoms with Gasteiger partial charge in [-0.15, -0.1) is 0 Å². The number of fused-ring (bicyclic) bond motifs is 1. The predicted molar refractivity (Wildman–Crippen MR) is 75.6 cm³/mol. The number of benzene rings is 1. The first-order valence-corrected chi connectivity index (χ1v) is 6.55. The Bertz CT molecular complexity index is 588. The Labute approximate surface area is 112 Å². The third-order valence-corrected chi connectivity index (χ3v) is 3.16. The van der Waals surface area contributed by atoms with E-state index in [2.05, 4.69) is 21.8 Å². The summed E-state index contributed by atoms with van der Waals surface area (Å²) in [6, 6.07) is 7.29. The minimum absolute atomic E-state index is 0.161. The quantitative estimate of drug-likeness (QED) is 0.876. The number of aromatic nitrogens is 2. The first kappa shape index (κ1) is 13.5. The van der Waals surface area contributed by atoms with Crippen LogP contribution in [0.25, 0.3) is 11.0 Å². The average molecular weight is 260 g/mol.